The molecular formula is C13H18N4O3. The van der Waals surface area contributed by atoms with E-state index in [1.54, 1.807) is 0 Å². The summed E-state index contributed by atoms with van der Waals surface area (Å²) in [5, 5.41) is 16.1. The van der Waals surface area contributed by atoms with Crippen molar-refractivity contribution in [1.82, 2.24) is 10.2 Å². The number of anilines is 1. The van der Waals surface area contributed by atoms with Gasteiger partial charge in [0.1, 0.15) is 0 Å². The van der Waals surface area contributed by atoms with E-state index >= 15 is 0 Å². The maximum atomic E-state index is 11.8. The smallest absolute Gasteiger partial charge is 0.319 e. The first kappa shape index (κ1) is 14.3. The number of hydrogen-bond acceptors (Lipinski definition) is 4. The van der Waals surface area contributed by atoms with Crippen LogP contribution in [0.1, 0.15) is 12.8 Å². The standard InChI is InChI=1S/C13H18N4O3/c1-16-8-6-11(7-9-16)15-13(18)14-10-2-4-12(5-3-10)17(19)20/h2-5,11H,6-9H2,1H3,(H2,14,15,18). The van der Waals surface area contributed by atoms with Crippen molar-refractivity contribution in [2.45, 2.75) is 18.9 Å². The summed E-state index contributed by atoms with van der Waals surface area (Å²) in [5.74, 6) is 0. The number of urea groups is 1. The molecule has 0 radical (unpaired) electrons. The van der Waals surface area contributed by atoms with Gasteiger partial charge in [-0.2, -0.15) is 0 Å². The molecule has 0 bridgehead atoms. The lowest BCUT2D eigenvalue weighted by Crippen LogP contribution is -2.44. The van der Waals surface area contributed by atoms with Gasteiger partial charge in [-0.1, -0.05) is 0 Å². The topological polar surface area (TPSA) is 87.5 Å². The Balaban J connectivity index is 1.83. The first-order valence-corrected chi connectivity index (χ1v) is 6.55. The summed E-state index contributed by atoms with van der Waals surface area (Å²) >= 11 is 0. The Labute approximate surface area is 117 Å². The predicted octanol–water partition coefficient (Wildman–Crippen LogP) is 1.81. The Morgan fingerprint density at radius 1 is 1.30 bits per heavy atom. The van der Waals surface area contributed by atoms with Crippen LogP contribution in [0, 0.1) is 10.1 Å². The van der Waals surface area contributed by atoms with Crippen LogP contribution < -0.4 is 10.6 Å². The third-order valence-corrected chi connectivity index (χ3v) is 3.39. The Morgan fingerprint density at radius 2 is 1.90 bits per heavy atom. The number of likely N-dealkylation sites (tertiary alicyclic amines) is 1. The number of hydrogen-bond donors (Lipinski definition) is 2. The monoisotopic (exact) mass is 278 g/mol. The van der Waals surface area contributed by atoms with Crippen LogP contribution in [0.2, 0.25) is 0 Å². The molecule has 1 saturated heterocycles. The van der Waals surface area contributed by atoms with E-state index in [0.29, 0.717) is 5.69 Å². The molecule has 0 atom stereocenters. The van der Waals surface area contributed by atoms with Gasteiger partial charge in [0.05, 0.1) is 4.92 Å². The van der Waals surface area contributed by atoms with E-state index in [2.05, 4.69) is 22.6 Å². The Hall–Kier alpha value is -2.15. The number of nitrogens with one attached hydrogen (secondary N) is 2. The summed E-state index contributed by atoms with van der Waals surface area (Å²) in [4.78, 5) is 24.1. The number of rotatable bonds is 3. The number of nitro benzene ring substituents is 1. The number of non-ortho nitro benzene ring substituents is 1. The van der Waals surface area contributed by atoms with Crippen molar-refractivity contribution < 1.29 is 9.72 Å². The van der Waals surface area contributed by atoms with Gasteiger partial charge in [-0.3, -0.25) is 10.1 Å². The molecular weight excluding hydrogens is 260 g/mol. The van der Waals surface area contributed by atoms with Gasteiger partial charge in [-0.05, 0) is 45.1 Å². The zero-order chi connectivity index (χ0) is 14.5. The van der Waals surface area contributed by atoms with Crippen LogP contribution in [0.4, 0.5) is 16.2 Å². The first-order valence-electron chi connectivity index (χ1n) is 6.55. The molecule has 1 heterocycles. The molecule has 1 fully saturated rings. The zero-order valence-corrected chi connectivity index (χ0v) is 11.3. The fourth-order valence-corrected chi connectivity index (χ4v) is 2.17. The van der Waals surface area contributed by atoms with E-state index in [1.165, 1.54) is 24.3 Å². The van der Waals surface area contributed by atoms with Gasteiger partial charge in [0.25, 0.3) is 5.69 Å². The summed E-state index contributed by atoms with van der Waals surface area (Å²) in [7, 11) is 2.06. The number of carbonyl (C=O) groups excluding carboxylic acids is 1. The lowest BCUT2D eigenvalue weighted by Gasteiger charge is -2.29. The van der Waals surface area contributed by atoms with Crippen molar-refractivity contribution in [3.63, 3.8) is 0 Å². The molecule has 0 aromatic heterocycles. The molecule has 0 unspecified atom stereocenters. The van der Waals surface area contributed by atoms with Crippen molar-refractivity contribution in [2.24, 2.45) is 0 Å². The van der Waals surface area contributed by atoms with Gasteiger partial charge < -0.3 is 15.5 Å². The van der Waals surface area contributed by atoms with Crippen LogP contribution in [0.25, 0.3) is 0 Å². The largest absolute Gasteiger partial charge is 0.335 e. The molecule has 1 aromatic rings. The van der Waals surface area contributed by atoms with Gasteiger partial charge in [0, 0.05) is 23.9 Å². The van der Waals surface area contributed by atoms with E-state index in [9.17, 15) is 14.9 Å². The van der Waals surface area contributed by atoms with Gasteiger partial charge >= 0.3 is 6.03 Å². The van der Waals surface area contributed by atoms with Gasteiger partial charge in [0.2, 0.25) is 0 Å². The van der Waals surface area contributed by atoms with Crippen molar-refractivity contribution in [1.29, 1.82) is 0 Å². The first-order chi connectivity index (χ1) is 9.54. The van der Waals surface area contributed by atoms with Gasteiger partial charge in [-0.15, -0.1) is 0 Å². The van der Waals surface area contributed by atoms with Gasteiger partial charge in [0.15, 0.2) is 0 Å². The average molecular weight is 278 g/mol. The maximum Gasteiger partial charge on any atom is 0.319 e. The number of carbonyl (C=O) groups is 1. The molecule has 20 heavy (non-hydrogen) atoms. The van der Waals surface area contributed by atoms with E-state index in [4.69, 9.17) is 0 Å². The lowest BCUT2D eigenvalue weighted by molar-refractivity contribution is -0.384. The SMILES string of the molecule is CN1CCC(NC(=O)Nc2ccc([N+](=O)[O-])cc2)CC1. The molecule has 1 aliphatic rings. The fourth-order valence-electron chi connectivity index (χ4n) is 2.17. The summed E-state index contributed by atoms with van der Waals surface area (Å²) in [6.07, 6.45) is 1.87. The molecule has 2 N–H and O–H groups in total. The zero-order valence-electron chi connectivity index (χ0n) is 11.3. The molecule has 1 aliphatic heterocycles. The lowest BCUT2D eigenvalue weighted by atomic mass is 10.1. The van der Waals surface area contributed by atoms with Crippen LogP contribution >= 0.6 is 0 Å². The summed E-state index contributed by atoms with van der Waals surface area (Å²) in [5.41, 5.74) is 0.548. The molecule has 108 valence electrons. The number of benzene rings is 1. The van der Waals surface area contributed by atoms with Crippen LogP contribution in [0.15, 0.2) is 24.3 Å². The quantitative estimate of drug-likeness (QED) is 0.652. The normalized spacial score (nSPS) is 16.6. The third kappa shape index (κ3) is 3.92. The summed E-state index contributed by atoms with van der Waals surface area (Å²) in [6.45, 7) is 1.95. The second-order valence-electron chi connectivity index (χ2n) is 4.98. The van der Waals surface area contributed by atoms with Crippen molar-refractivity contribution in [3.05, 3.63) is 34.4 Å². The fraction of sp³-hybridized carbons (Fsp3) is 0.462. The molecule has 2 amide bonds. The number of amides is 2. The van der Waals surface area contributed by atoms with E-state index in [-0.39, 0.29) is 17.8 Å². The van der Waals surface area contributed by atoms with Gasteiger partial charge in [-0.25, -0.2) is 4.79 Å². The van der Waals surface area contributed by atoms with Crippen LogP contribution in [-0.4, -0.2) is 42.0 Å². The summed E-state index contributed by atoms with van der Waals surface area (Å²) < 4.78 is 0. The highest BCUT2D eigenvalue weighted by Gasteiger charge is 2.18. The van der Waals surface area contributed by atoms with Crippen molar-refractivity contribution >= 4 is 17.4 Å². The number of piperidine rings is 1. The third-order valence-electron chi connectivity index (χ3n) is 3.39. The van der Waals surface area contributed by atoms with E-state index in [0.717, 1.165) is 25.9 Å². The van der Waals surface area contributed by atoms with E-state index < -0.39 is 4.92 Å². The highest BCUT2D eigenvalue weighted by atomic mass is 16.6. The molecule has 2 rings (SSSR count). The number of nitrogens with zero attached hydrogens (tertiary/aromatic N) is 2. The van der Waals surface area contributed by atoms with Crippen LogP contribution in [0.5, 0.6) is 0 Å². The minimum atomic E-state index is -0.470. The van der Waals surface area contributed by atoms with Crippen LogP contribution in [-0.2, 0) is 0 Å². The highest BCUT2D eigenvalue weighted by Crippen LogP contribution is 2.15. The minimum absolute atomic E-state index is 0.00581. The Bertz CT molecular complexity index is 481. The highest BCUT2D eigenvalue weighted by molar-refractivity contribution is 5.89. The average Bonchev–Trinajstić information content (AvgIpc) is 2.42. The molecule has 0 aliphatic carbocycles. The minimum Gasteiger partial charge on any atom is -0.335 e. The molecule has 0 saturated carbocycles. The Morgan fingerprint density at radius 3 is 2.45 bits per heavy atom. The predicted molar refractivity (Wildman–Crippen MR) is 75.8 cm³/mol. The molecule has 1 aromatic carbocycles. The van der Waals surface area contributed by atoms with Crippen molar-refractivity contribution in [2.75, 3.05) is 25.5 Å². The van der Waals surface area contributed by atoms with Crippen LogP contribution in [0.3, 0.4) is 0 Å². The molecule has 7 heteroatoms. The summed E-state index contributed by atoms with van der Waals surface area (Å²) in [6, 6.07) is 5.69. The Kier molecular flexibility index (Phi) is 4.52. The molecule has 0 spiro atoms. The van der Waals surface area contributed by atoms with E-state index in [1.807, 2.05) is 0 Å². The second-order valence-corrected chi connectivity index (χ2v) is 4.98. The second kappa shape index (κ2) is 6.33. The molecule has 7 nitrogen and oxygen atoms in total. The maximum absolute atomic E-state index is 11.8. The number of nitro groups is 1. The van der Waals surface area contributed by atoms with Crippen molar-refractivity contribution in [3.8, 4) is 0 Å².